The minimum absolute atomic E-state index is 0.0439. The number of carbonyl (C=O) groups is 1. The van der Waals surface area contributed by atoms with Crippen molar-refractivity contribution >= 4 is 26.8 Å². The van der Waals surface area contributed by atoms with Gasteiger partial charge in [0.2, 0.25) is 10.0 Å². The van der Waals surface area contributed by atoms with Crippen LogP contribution in [0.3, 0.4) is 0 Å². The number of nitrogens with two attached hydrogens (primary N) is 1. The molecule has 3 rings (SSSR count). The Bertz CT molecular complexity index is 1160. The van der Waals surface area contributed by atoms with Crippen LogP contribution in [0.5, 0.6) is 0 Å². The summed E-state index contributed by atoms with van der Waals surface area (Å²) in [6.45, 7) is 5.71. The fraction of sp³-hybridized carbons (Fsp3) is 0.238. The third-order valence-corrected chi connectivity index (χ3v) is 5.91. The van der Waals surface area contributed by atoms with Crippen molar-refractivity contribution in [3.8, 4) is 0 Å². The first-order valence-electron chi connectivity index (χ1n) is 8.86. The third kappa shape index (κ3) is 3.90. The smallest absolute Gasteiger partial charge is 0.255 e. The highest BCUT2D eigenvalue weighted by atomic mass is 32.2. The Balaban J connectivity index is 1.91. The number of hydrogen-bond donors (Lipinski definition) is 1. The van der Waals surface area contributed by atoms with Gasteiger partial charge in [-0.3, -0.25) is 9.78 Å². The van der Waals surface area contributed by atoms with Crippen molar-refractivity contribution < 1.29 is 13.2 Å². The minimum atomic E-state index is -3.74. The zero-order chi connectivity index (χ0) is 20.6. The van der Waals surface area contributed by atoms with Crippen LogP contribution >= 0.6 is 0 Å². The number of aromatic nitrogens is 1. The molecule has 1 atom stereocenters. The van der Waals surface area contributed by atoms with Crippen LogP contribution in [0.15, 0.2) is 53.4 Å². The standard InChI is InChI=1S/C21H23N3O3S/c1-13-5-10-20-17(11-13)12-19(14(2)23-20)21(25)24(4)15(3)16-6-8-18(9-7-16)28(22,26)27/h5-12,15H,1-4H3,(H2,22,26,27). The Morgan fingerprint density at radius 2 is 1.71 bits per heavy atom. The molecule has 7 heteroatoms. The molecule has 0 bridgehead atoms. The summed E-state index contributed by atoms with van der Waals surface area (Å²) >= 11 is 0. The average molecular weight is 398 g/mol. The van der Waals surface area contributed by atoms with E-state index in [1.54, 1.807) is 24.1 Å². The van der Waals surface area contributed by atoms with Gasteiger partial charge < -0.3 is 4.90 Å². The van der Waals surface area contributed by atoms with E-state index in [-0.39, 0.29) is 16.8 Å². The number of fused-ring (bicyclic) bond motifs is 1. The van der Waals surface area contributed by atoms with Crippen LogP contribution in [0.4, 0.5) is 0 Å². The van der Waals surface area contributed by atoms with Gasteiger partial charge in [0.1, 0.15) is 0 Å². The lowest BCUT2D eigenvalue weighted by Gasteiger charge is -2.26. The van der Waals surface area contributed by atoms with E-state index in [1.165, 1.54) is 12.1 Å². The fourth-order valence-corrected chi connectivity index (χ4v) is 3.65. The van der Waals surface area contributed by atoms with Crippen molar-refractivity contribution in [3.63, 3.8) is 0 Å². The van der Waals surface area contributed by atoms with Crippen molar-refractivity contribution in [2.75, 3.05) is 7.05 Å². The van der Waals surface area contributed by atoms with E-state index in [9.17, 15) is 13.2 Å². The topological polar surface area (TPSA) is 93.4 Å². The van der Waals surface area contributed by atoms with Crippen LogP contribution in [0, 0.1) is 13.8 Å². The van der Waals surface area contributed by atoms with Gasteiger partial charge >= 0.3 is 0 Å². The molecule has 0 saturated carbocycles. The normalized spacial score (nSPS) is 12.8. The molecule has 2 aromatic carbocycles. The molecular formula is C21H23N3O3S. The maximum absolute atomic E-state index is 13.1. The number of nitrogens with zero attached hydrogens (tertiary/aromatic N) is 2. The first-order chi connectivity index (χ1) is 13.1. The number of carbonyl (C=O) groups excluding carboxylic acids is 1. The number of pyridine rings is 1. The molecule has 1 amide bonds. The molecule has 0 radical (unpaired) electrons. The molecule has 3 aromatic rings. The minimum Gasteiger partial charge on any atom is -0.335 e. The summed E-state index contributed by atoms with van der Waals surface area (Å²) in [6.07, 6.45) is 0. The maximum Gasteiger partial charge on any atom is 0.255 e. The van der Waals surface area contributed by atoms with Gasteiger partial charge in [-0.1, -0.05) is 23.8 Å². The van der Waals surface area contributed by atoms with Crippen LogP contribution in [-0.4, -0.2) is 31.3 Å². The molecule has 0 saturated heterocycles. The Kier molecular flexibility index (Phi) is 5.23. The average Bonchev–Trinajstić information content (AvgIpc) is 2.65. The third-order valence-electron chi connectivity index (χ3n) is 4.98. The largest absolute Gasteiger partial charge is 0.335 e. The van der Waals surface area contributed by atoms with Crippen LogP contribution in [0.25, 0.3) is 10.9 Å². The number of hydrogen-bond acceptors (Lipinski definition) is 4. The number of rotatable bonds is 4. The van der Waals surface area contributed by atoms with Gasteiger partial charge in [-0.25, -0.2) is 13.6 Å². The van der Waals surface area contributed by atoms with Crippen molar-refractivity contribution in [3.05, 3.63) is 70.9 Å². The highest BCUT2D eigenvalue weighted by Gasteiger charge is 2.22. The summed E-state index contributed by atoms with van der Waals surface area (Å²) in [6, 6.07) is 13.8. The molecular weight excluding hydrogens is 374 g/mol. The highest BCUT2D eigenvalue weighted by Crippen LogP contribution is 2.24. The molecule has 1 heterocycles. The summed E-state index contributed by atoms with van der Waals surface area (Å²) in [5.41, 5.74) is 3.99. The Morgan fingerprint density at radius 1 is 1.07 bits per heavy atom. The molecule has 1 aromatic heterocycles. The van der Waals surface area contributed by atoms with Crippen molar-refractivity contribution in [2.24, 2.45) is 5.14 Å². The lowest BCUT2D eigenvalue weighted by molar-refractivity contribution is 0.0741. The van der Waals surface area contributed by atoms with Crippen molar-refractivity contribution in [1.82, 2.24) is 9.88 Å². The Hall–Kier alpha value is -2.77. The molecule has 6 nitrogen and oxygen atoms in total. The molecule has 1 unspecified atom stereocenters. The molecule has 146 valence electrons. The predicted octanol–water partition coefficient (Wildman–Crippen LogP) is 3.33. The second kappa shape index (κ2) is 7.33. The lowest BCUT2D eigenvalue weighted by atomic mass is 10.0. The van der Waals surface area contributed by atoms with Gasteiger partial charge in [-0.05, 0) is 56.7 Å². The van der Waals surface area contributed by atoms with Gasteiger partial charge in [0.15, 0.2) is 0 Å². The van der Waals surface area contributed by atoms with Gasteiger partial charge in [0.25, 0.3) is 5.91 Å². The van der Waals surface area contributed by atoms with E-state index < -0.39 is 10.0 Å². The van der Waals surface area contributed by atoms with E-state index >= 15 is 0 Å². The zero-order valence-electron chi connectivity index (χ0n) is 16.3. The second-order valence-corrected chi connectivity index (χ2v) is 8.58. The summed E-state index contributed by atoms with van der Waals surface area (Å²) in [5, 5.41) is 6.06. The van der Waals surface area contributed by atoms with Crippen molar-refractivity contribution in [1.29, 1.82) is 0 Å². The van der Waals surface area contributed by atoms with Crippen molar-refractivity contribution in [2.45, 2.75) is 31.7 Å². The Labute approximate surface area is 165 Å². The number of amides is 1. The molecule has 28 heavy (non-hydrogen) atoms. The monoisotopic (exact) mass is 397 g/mol. The second-order valence-electron chi connectivity index (χ2n) is 7.02. The van der Waals surface area contributed by atoms with E-state index in [2.05, 4.69) is 4.98 Å². The van der Waals surface area contributed by atoms with Gasteiger partial charge in [0, 0.05) is 12.4 Å². The Morgan fingerprint density at radius 3 is 2.32 bits per heavy atom. The summed E-state index contributed by atoms with van der Waals surface area (Å²) in [4.78, 5) is 19.3. The van der Waals surface area contributed by atoms with E-state index in [1.807, 2.05) is 45.0 Å². The number of benzene rings is 2. The van der Waals surface area contributed by atoms with Crippen LogP contribution in [0.2, 0.25) is 0 Å². The quantitative estimate of drug-likeness (QED) is 0.731. The van der Waals surface area contributed by atoms with Gasteiger partial charge in [-0.2, -0.15) is 0 Å². The summed E-state index contributed by atoms with van der Waals surface area (Å²) in [7, 11) is -2.02. The molecule has 0 aliphatic rings. The van der Waals surface area contributed by atoms with Gasteiger partial charge in [0.05, 0.1) is 27.7 Å². The van der Waals surface area contributed by atoms with E-state index in [4.69, 9.17) is 5.14 Å². The van der Waals surface area contributed by atoms with Crippen LogP contribution in [0.1, 0.15) is 40.1 Å². The van der Waals surface area contributed by atoms with Gasteiger partial charge in [-0.15, -0.1) is 0 Å². The van der Waals surface area contributed by atoms with E-state index in [0.717, 1.165) is 22.0 Å². The highest BCUT2D eigenvalue weighted by molar-refractivity contribution is 7.89. The molecule has 0 spiro atoms. The number of aryl methyl sites for hydroxylation is 2. The summed E-state index contributed by atoms with van der Waals surface area (Å²) in [5.74, 6) is -0.142. The van der Waals surface area contributed by atoms with E-state index in [0.29, 0.717) is 11.3 Å². The molecule has 0 aliphatic carbocycles. The molecule has 2 N–H and O–H groups in total. The molecule has 0 fully saturated rings. The summed E-state index contributed by atoms with van der Waals surface area (Å²) < 4.78 is 22.8. The molecule has 0 aliphatic heterocycles. The fourth-order valence-electron chi connectivity index (χ4n) is 3.13. The SMILES string of the molecule is Cc1ccc2nc(C)c(C(=O)N(C)C(C)c3ccc(S(N)(=O)=O)cc3)cc2c1. The van der Waals surface area contributed by atoms with Crippen LogP contribution in [-0.2, 0) is 10.0 Å². The van der Waals surface area contributed by atoms with Crippen LogP contribution < -0.4 is 5.14 Å². The first kappa shape index (κ1) is 20.0. The number of sulfonamides is 1. The lowest BCUT2D eigenvalue weighted by Crippen LogP contribution is -2.30. The number of primary sulfonamides is 1. The predicted molar refractivity (Wildman–Crippen MR) is 110 cm³/mol. The first-order valence-corrected chi connectivity index (χ1v) is 10.4. The zero-order valence-corrected chi connectivity index (χ0v) is 17.1. The maximum atomic E-state index is 13.1.